The summed E-state index contributed by atoms with van der Waals surface area (Å²) in [6.07, 6.45) is 5.64. The Hall–Kier alpha value is -5.95. The quantitative estimate of drug-likeness (QED) is 0.168. The highest BCUT2D eigenvalue weighted by Gasteiger charge is 2.38. The molecule has 0 radical (unpaired) electrons. The van der Waals surface area contributed by atoms with Gasteiger partial charge >= 0.3 is 0 Å². The maximum atomic E-state index is 15.2. The number of fused-ring (bicyclic) bond motifs is 9. The first kappa shape index (κ1) is 30.7. The minimum absolute atomic E-state index is 0.100. The second-order valence-corrected chi connectivity index (χ2v) is 18.0. The fourth-order valence-electron chi connectivity index (χ4n) is 9.62. The summed E-state index contributed by atoms with van der Waals surface area (Å²) < 4.78 is 17.7. The van der Waals surface area contributed by atoms with Gasteiger partial charge in [0.15, 0.2) is 7.14 Å². The smallest absolute Gasteiger partial charge is 0.171 e. The van der Waals surface area contributed by atoms with Gasteiger partial charge in [-0.3, -0.25) is 0 Å². The maximum Gasteiger partial charge on any atom is 0.171 e. The Balaban J connectivity index is 1.15. The van der Waals surface area contributed by atoms with Crippen LogP contribution in [0.15, 0.2) is 164 Å². The van der Waals surface area contributed by atoms with E-state index in [-0.39, 0.29) is 5.41 Å². The van der Waals surface area contributed by atoms with E-state index in [9.17, 15) is 0 Å². The minimum atomic E-state index is -3.09. The van der Waals surface area contributed by atoms with Crippen LogP contribution in [0.5, 0.6) is 0 Å². The molecule has 53 heavy (non-hydrogen) atoms. The average Bonchev–Trinajstić information content (AvgIpc) is 3.66. The van der Waals surface area contributed by atoms with Crippen molar-refractivity contribution in [3.05, 3.63) is 186 Å². The number of allylic oxidation sites excluding steroid dienone is 1. The lowest BCUT2D eigenvalue weighted by Crippen LogP contribution is -2.24. The van der Waals surface area contributed by atoms with E-state index in [2.05, 4.69) is 128 Å². The summed E-state index contributed by atoms with van der Waals surface area (Å²) >= 11 is 0. The van der Waals surface area contributed by atoms with E-state index in [1.54, 1.807) is 0 Å². The Labute approximate surface area is 309 Å². The van der Waals surface area contributed by atoms with Crippen molar-refractivity contribution in [2.24, 2.45) is 0 Å². The number of para-hydroxylation sites is 1. The minimum Gasteiger partial charge on any atom is -0.309 e. The number of rotatable bonds is 4. The Morgan fingerprint density at radius 3 is 2.06 bits per heavy atom. The predicted octanol–water partition coefficient (Wildman–Crippen LogP) is 11.6. The summed E-state index contributed by atoms with van der Waals surface area (Å²) in [6, 6.07) is 55.8. The number of nitrogens with zero attached hydrogens (tertiary/aromatic N) is 1. The summed E-state index contributed by atoms with van der Waals surface area (Å²) in [6.45, 7) is 4.79. The van der Waals surface area contributed by atoms with Crippen LogP contribution >= 0.6 is 7.14 Å². The van der Waals surface area contributed by atoms with Crippen molar-refractivity contribution >= 4 is 72.5 Å². The number of hydrogen-bond acceptors (Lipinski definition) is 1. The lowest BCUT2D eigenvalue weighted by molar-refractivity contribution is 0.592. The first-order valence-corrected chi connectivity index (χ1v) is 20.2. The molecule has 0 N–H and O–H groups in total. The molecule has 0 saturated carbocycles. The lowest BCUT2D eigenvalue weighted by atomic mass is 9.78. The average molecular weight is 698 g/mol. The highest BCUT2D eigenvalue weighted by molar-refractivity contribution is 7.85. The molecule has 0 saturated heterocycles. The van der Waals surface area contributed by atoms with Crippen LogP contribution in [0, 0.1) is 0 Å². The van der Waals surface area contributed by atoms with Gasteiger partial charge in [0.2, 0.25) is 0 Å². The van der Waals surface area contributed by atoms with E-state index in [0.717, 1.165) is 38.8 Å². The van der Waals surface area contributed by atoms with Crippen LogP contribution in [0.4, 0.5) is 0 Å². The summed E-state index contributed by atoms with van der Waals surface area (Å²) in [5, 5.41) is 10.0. The zero-order valence-electron chi connectivity index (χ0n) is 29.7. The molecule has 1 aromatic heterocycles. The third-order valence-electron chi connectivity index (χ3n) is 12.0. The molecule has 1 heterocycles. The van der Waals surface area contributed by atoms with Crippen LogP contribution in [-0.4, -0.2) is 4.57 Å². The van der Waals surface area contributed by atoms with Crippen LogP contribution < -0.4 is 15.9 Å². The molecule has 0 amide bonds. The van der Waals surface area contributed by atoms with Crippen LogP contribution in [0.2, 0.25) is 0 Å². The van der Waals surface area contributed by atoms with Gasteiger partial charge < -0.3 is 9.13 Å². The molecule has 0 spiro atoms. The Bertz CT molecular complexity index is 3030. The third-order valence-corrected chi connectivity index (χ3v) is 15.0. The first-order valence-electron chi connectivity index (χ1n) is 18.5. The van der Waals surface area contributed by atoms with Crippen molar-refractivity contribution in [1.82, 2.24) is 4.57 Å². The zero-order valence-corrected chi connectivity index (χ0v) is 30.6. The van der Waals surface area contributed by atoms with Crippen molar-refractivity contribution in [2.45, 2.75) is 25.7 Å². The van der Waals surface area contributed by atoms with E-state index in [1.807, 2.05) is 60.7 Å². The number of benzene rings is 8. The summed E-state index contributed by atoms with van der Waals surface area (Å²) in [5.74, 6) is 0. The van der Waals surface area contributed by atoms with E-state index in [1.165, 1.54) is 66.0 Å². The maximum absolute atomic E-state index is 15.2. The van der Waals surface area contributed by atoms with Crippen molar-refractivity contribution in [1.29, 1.82) is 0 Å². The van der Waals surface area contributed by atoms with Gasteiger partial charge in [-0.1, -0.05) is 147 Å². The van der Waals surface area contributed by atoms with Crippen molar-refractivity contribution in [3.8, 4) is 16.8 Å². The van der Waals surface area contributed by atoms with Crippen LogP contribution in [0.3, 0.4) is 0 Å². The lowest BCUT2D eigenvalue weighted by Gasteiger charge is -2.26. The van der Waals surface area contributed by atoms with Crippen LogP contribution in [-0.2, 0) is 16.4 Å². The second kappa shape index (κ2) is 11.0. The zero-order chi connectivity index (χ0) is 35.5. The number of aromatic nitrogens is 1. The summed E-state index contributed by atoms with van der Waals surface area (Å²) in [7, 11) is -3.09. The molecule has 2 aliphatic carbocycles. The molecule has 2 aliphatic rings. The molecular weight excluding hydrogens is 662 g/mol. The largest absolute Gasteiger partial charge is 0.309 e. The van der Waals surface area contributed by atoms with Crippen molar-refractivity contribution < 1.29 is 4.57 Å². The molecule has 0 fully saturated rings. The third kappa shape index (κ3) is 4.19. The van der Waals surface area contributed by atoms with Gasteiger partial charge in [0, 0.05) is 43.4 Å². The molecule has 9 aromatic rings. The Kier molecular flexibility index (Phi) is 6.38. The molecule has 0 bridgehead atoms. The molecular formula is C50H36NOP. The van der Waals surface area contributed by atoms with Gasteiger partial charge in [-0.15, -0.1) is 0 Å². The summed E-state index contributed by atoms with van der Waals surface area (Å²) in [5.41, 5.74) is 11.8. The molecule has 2 nitrogen and oxygen atoms in total. The molecule has 252 valence electrons. The summed E-state index contributed by atoms with van der Waals surface area (Å²) in [4.78, 5) is 0. The number of hydrogen-bond donors (Lipinski definition) is 0. The van der Waals surface area contributed by atoms with Gasteiger partial charge in [-0.05, 0) is 92.2 Å². The monoisotopic (exact) mass is 697 g/mol. The van der Waals surface area contributed by atoms with Crippen molar-refractivity contribution in [2.75, 3.05) is 0 Å². The topological polar surface area (TPSA) is 22.0 Å². The van der Waals surface area contributed by atoms with Crippen LogP contribution in [0.1, 0.15) is 36.1 Å². The highest BCUT2D eigenvalue weighted by atomic mass is 31.2. The molecule has 8 aromatic carbocycles. The molecule has 0 aliphatic heterocycles. The van der Waals surface area contributed by atoms with Gasteiger partial charge in [-0.25, -0.2) is 0 Å². The van der Waals surface area contributed by atoms with Crippen LogP contribution in [0.25, 0.3) is 66.2 Å². The Morgan fingerprint density at radius 2 is 1.26 bits per heavy atom. The SMILES string of the molecule is CC1(C)c2ccccc2-c2cc3c4c(c5c(cc4c21)c1ccccc1n5-c1ccc2cc(P(=O)(c4ccccc4)c4ccccc4)ccc2c1)C=CC3. The fourth-order valence-corrected chi connectivity index (χ4v) is 12.3. The van der Waals surface area contributed by atoms with E-state index in [4.69, 9.17) is 0 Å². The fraction of sp³-hybridized carbons (Fsp3) is 0.0800. The molecule has 11 rings (SSSR count). The van der Waals surface area contributed by atoms with E-state index >= 15 is 4.57 Å². The van der Waals surface area contributed by atoms with E-state index < -0.39 is 7.14 Å². The van der Waals surface area contributed by atoms with Gasteiger partial charge in [0.25, 0.3) is 0 Å². The predicted molar refractivity (Wildman–Crippen MR) is 225 cm³/mol. The molecule has 0 atom stereocenters. The second-order valence-electron chi connectivity index (χ2n) is 15.2. The normalized spacial score (nSPS) is 14.3. The van der Waals surface area contributed by atoms with Gasteiger partial charge in [-0.2, -0.15) is 0 Å². The first-order chi connectivity index (χ1) is 25.9. The standard InChI is InChI=1S/C50H36NOP/c1-50(2)45-22-11-9-19-39(45)42-30-34-14-13-21-41-47(34)44(48(42)50)31-43-40-20-10-12-23-46(40)51(49(41)43)35-26-24-33-29-38(27-25-32(33)28-35)53(52,36-15-5-3-6-16-36)37-17-7-4-8-18-37/h3-13,15-31H,14H2,1-2H3. The van der Waals surface area contributed by atoms with Gasteiger partial charge in [0.1, 0.15) is 0 Å². The molecule has 0 unspecified atom stereocenters. The molecule has 3 heteroatoms. The van der Waals surface area contributed by atoms with Crippen molar-refractivity contribution in [3.63, 3.8) is 0 Å². The Morgan fingerprint density at radius 1 is 0.585 bits per heavy atom. The van der Waals surface area contributed by atoms with Gasteiger partial charge in [0.05, 0.1) is 11.0 Å². The highest BCUT2D eigenvalue weighted by Crippen LogP contribution is 2.54. The van der Waals surface area contributed by atoms with E-state index in [0.29, 0.717) is 0 Å².